The van der Waals surface area contributed by atoms with E-state index >= 15 is 0 Å². The number of thiophene rings is 1. The maximum Gasteiger partial charge on any atom is 0.250 e. The van der Waals surface area contributed by atoms with Crippen LogP contribution in [0.1, 0.15) is 43.6 Å². The van der Waals surface area contributed by atoms with Crippen LogP contribution in [0.5, 0.6) is 0 Å². The van der Waals surface area contributed by atoms with E-state index in [9.17, 15) is 8.42 Å². The molecule has 0 fully saturated rings. The molecule has 0 spiro atoms. The number of nitrogens with one attached hydrogen (secondary N) is 1. The monoisotopic (exact) mass is 305 g/mol. The Morgan fingerprint density at radius 3 is 2.58 bits per heavy atom. The largest absolute Gasteiger partial charge is 0.391 e. The van der Waals surface area contributed by atoms with Crippen molar-refractivity contribution in [1.82, 2.24) is 4.72 Å². The van der Waals surface area contributed by atoms with E-state index in [1.807, 2.05) is 6.92 Å². The lowest BCUT2D eigenvalue weighted by atomic mass is 10.1. The van der Waals surface area contributed by atoms with E-state index in [1.54, 1.807) is 6.07 Å². The molecule has 0 aliphatic rings. The predicted molar refractivity (Wildman–Crippen MR) is 78.9 cm³/mol. The van der Waals surface area contributed by atoms with Crippen molar-refractivity contribution in [2.75, 3.05) is 6.54 Å². The van der Waals surface area contributed by atoms with Gasteiger partial charge in [-0.25, -0.2) is 13.1 Å². The lowest BCUT2D eigenvalue weighted by Crippen LogP contribution is -2.24. The van der Waals surface area contributed by atoms with Crippen LogP contribution in [0.15, 0.2) is 10.3 Å². The molecular formula is C13H23NO3S2. The summed E-state index contributed by atoms with van der Waals surface area (Å²) in [6.07, 6.45) is 3.01. The fourth-order valence-corrected chi connectivity index (χ4v) is 4.30. The molecule has 1 heterocycles. The van der Waals surface area contributed by atoms with E-state index in [4.69, 9.17) is 5.11 Å². The van der Waals surface area contributed by atoms with Gasteiger partial charge in [-0.15, -0.1) is 11.3 Å². The molecular weight excluding hydrogens is 282 g/mol. The summed E-state index contributed by atoms with van der Waals surface area (Å²) in [7, 11) is -3.42. The first-order valence-electron chi connectivity index (χ1n) is 6.56. The average molecular weight is 305 g/mol. The Morgan fingerprint density at radius 2 is 2.05 bits per heavy atom. The van der Waals surface area contributed by atoms with E-state index in [0.29, 0.717) is 17.3 Å². The molecule has 0 saturated heterocycles. The third-order valence-corrected chi connectivity index (χ3v) is 6.06. The summed E-state index contributed by atoms with van der Waals surface area (Å²) in [5, 5.41) is 9.09. The summed E-state index contributed by atoms with van der Waals surface area (Å²) in [6, 6.07) is 1.62. The van der Waals surface area contributed by atoms with Crippen LogP contribution < -0.4 is 4.72 Å². The van der Waals surface area contributed by atoms with Crippen LogP contribution in [-0.2, 0) is 16.6 Å². The van der Waals surface area contributed by atoms with Gasteiger partial charge in [-0.2, -0.15) is 0 Å². The molecule has 0 aromatic carbocycles. The van der Waals surface area contributed by atoms with E-state index in [2.05, 4.69) is 18.6 Å². The summed E-state index contributed by atoms with van der Waals surface area (Å²) in [5.41, 5.74) is 0.827. The first-order valence-corrected chi connectivity index (χ1v) is 8.86. The Labute approximate surface area is 119 Å². The van der Waals surface area contributed by atoms with Gasteiger partial charge in [-0.1, -0.05) is 26.7 Å². The number of hydrogen-bond donors (Lipinski definition) is 2. The molecule has 110 valence electrons. The Balaban J connectivity index is 2.51. The summed E-state index contributed by atoms with van der Waals surface area (Å²) in [5.74, 6) is 0.656. The van der Waals surface area contributed by atoms with Crippen molar-refractivity contribution in [3.8, 4) is 0 Å². The molecule has 4 nitrogen and oxygen atoms in total. The van der Waals surface area contributed by atoms with Gasteiger partial charge in [0.05, 0.1) is 6.61 Å². The fraction of sp³-hybridized carbons (Fsp3) is 0.692. The third-order valence-electron chi connectivity index (χ3n) is 2.91. The van der Waals surface area contributed by atoms with Gasteiger partial charge in [-0.3, -0.25) is 0 Å². The maximum absolute atomic E-state index is 12.0. The van der Waals surface area contributed by atoms with Gasteiger partial charge in [0.2, 0.25) is 10.0 Å². The quantitative estimate of drug-likeness (QED) is 0.726. The molecule has 1 aromatic heterocycles. The standard InChI is InChI=1S/C13H23NO3S2/c1-10(2)6-4-5-7-14-19(16,17)13-8-11(3)12(9-15)18-13/h8,10,14-15H,4-7,9H2,1-3H3. The zero-order valence-corrected chi connectivity index (χ0v) is 13.4. The number of unbranched alkanes of at least 4 members (excludes halogenated alkanes) is 1. The molecule has 0 atom stereocenters. The number of aryl methyl sites for hydroxylation is 1. The summed E-state index contributed by atoms with van der Waals surface area (Å²) in [6.45, 7) is 6.49. The minimum absolute atomic E-state index is 0.111. The molecule has 6 heteroatoms. The van der Waals surface area contributed by atoms with Crippen molar-refractivity contribution in [3.05, 3.63) is 16.5 Å². The number of hydrogen-bond acceptors (Lipinski definition) is 4. The minimum atomic E-state index is -3.42. The predicted octanol–water partition coefficient (Wildman–Crippen LogP) is 2.65. The molecule has 0 unspecified atom stereocenters. The highest BCUT2D eigenvalue weighted by Gasteiger charge is 2.17. The molecule has 0 aliphatic carbocycles. The van der Waals surface area contributed by atoms with Crippen LogP contribution in [0.3, 0.4) is 0 Å². The molecule has 0 radical (unpaired) electrons. The van der Waals surface area contributed by atoms with Crippen LogP contribution in [-0.4, -0.2) is 20.1 Å². The zero-order valence-electron chi connectivity index (χ0n) is 11.8. The fourth-order valence-electron chi connectivity index (χ4n) is 1.73. The summed E-state index contributed by atoms with van der Waals surface area (Å²) >= 11 is 1.13. The van der Waals surface area contributed by atoms with Gasteiger partial charge in [0.15, 0.2) is 0 Å². The lowest BCUT2D eigenvalue weighted by molar-refractivity contribution is 0.285. The Kier molecular flexibility index (Phi) is 6.46. The average Bonchev–Trinajstić information content (AvgIpc) is 2.70. The Bertz CT molecular complexity index is 492. The van der Waals surface area contributed by atoms with Crippen LogP contribution >= 0.6 is 11.3 Å². The Hall–Kier alpha value is -0.430. The highest BCUT2D eigenvalue weighted by Crippen LogP contribution is 2.25. The number of aliphatic hydroxyl groups is 1. The smallest absolute Gasteiger partial charge is 0.250 e. The van der Waals surface area contributed by atoms with Gasteiger partial charge in [0.25, 0.3) is 0 Å². The third kappa shape index (κ3) is 5.22. The molecule has 1 aromatic rings. The Morgan fingerprint density at radius 1 is 1.37 bits per heavy atom. The van der Waals surface area contributed by atoms with Crippen molar-refractivity contribution in [2.45, 2.75) is 50.8 Å². The van der Waals surface area contributed by atoms with Crippen LogP contribution in [0.2, 0.25) is 0 Å². The summed E-state index contributed by atoms with van der Waals surface area (Å²) < 4.78 is 27.0. The molecule has 0 aliphatic heterocycles. The van der Waals surface area contributed by atoms with E-state index in [-0.39, 0.29) is 10.8 Å². The number of aliphatic hydroxyl groups excluding tert-OH is 1. The number of sulfonamides is 1. The van der Waals surface area contributed by atoms with Crippen molar-refractivity contribution in [1.29, 1.82) is 0 Å². The van der Waals surface area contributed by atoms with Gasteiger partial charge in [0, 0.05) is 11.4 Å². The van der Waals surface area contributed by atoms with Crippen molar-refractivity contribution in [3.63, 3.8) is 0 Å². The molecule has 0 saturated carbocycles. The van der Waals surface area contributed by atoms with Gasteiger partial charge in [-0.05, 0) is 30.9 Å². The highest BCUT2D eigenvalue weighted by molar-refractivity contribution is 7.91. The topological polar surface area (TPSA) is 66.4 Å². The van der Waals surface area contributed by atoms with E-state index in [0.717, 1.165) is 36.2 Å². The minimum Gasteiger partial charge on any atom is -0.391 e. The maximum atomic E-state index is 12.0. The second-order valence-electron chi connectivity index (χ2n) is 5.12. The molecule has 19 heavy (non-hydrogen) atoms. The van der Waals surface area contributed by atoms with Crippen LogP contribution in [0, 0.1) is 12.8 Å². The van der Waals surface area contributed by atoms with E-state index in [1.165, 1.54) is 0 Å². The normalized spacial score (nSPS) is 12.3. The second-order valence-corrected chi connectivity index (χ2v) is 8.25. The van der Waals surface area contributed by atoms with Crippen molar-refractivity contribution in [2.24, 2.45) is 5.92 Å². The van der Waals surface area contributed by atoms with Crippen molar-refractivity contribution < 1.29 is 13.5 Å². The molecule has 0 amide bonds. The highest BCUT2D eigenvalue weighted by atomic mass is 32.2. The molecule has 2 N–H and O–H groups in total. The number of rotatable bonds is 8. The first-order chi connectivity index (χ1) is 8.86. The van der Waals surface area contributed by atoms with Crippen LogP contribution in [0.4, 0.5) is 0 Å². The van der Waals surface area contributed by atoms with Gasteiger partial charge >= 0.3 is 0 Å². The molecule has 1 rings (SSSR count). The zero-order chi connectivity index (χ0) is 14.5. The lowest BCUT2D eigenvalue weighted by Gasteiger charge is -2.06. The molecule has 0 bridgehead atoms. The second kappa shape index (κ2) is 7.38. The SMILES string of the molecule is Cc1cc(S(=O)(=O)NCCCCC(C)C)sc1CO. The van der Waals surface area contributed by atoms with Crippen molar-refractivity contribution >= 4 is 21.4 Å². The van der Waals surface area contributed by atoms with Gasteiger partial charge < -0.3 is 5.11 Å². The van der Waals surface area contributed by atoms with Gasteiger partial charge in [0.1, 0.15) is 4.21 Å². The van der Waals surface area contributed by atoms with E-state index < -0.39 is 10.0 Å². The first kappa shape index (κ1) is 16.6. The summed E-state index contributed by atoms with van der Waals surface area (Å²) in [4.78, 5) is 0.709. The van der Waals surface area contributed by atoms with Crippen LogP contribution in [0.25, 0.3) is 0 Å².